The first-order valence-electron chi connectivity index (χ1n) is 15.9. The number of hydrogen-bond acceptors (Lipinski definition) is 6. The van der Waals surface area contributed by atoms with Crippen LogP contribution in [0, 0.1) is 5.92 Å². The first-order chi connectivity index (χ1) is 21.5. The van der Waals surface area contributed by atoms with E-state index in [-0.39, 0.29) is 17.7 Å². The standard InChI is InChI=1S/C35H47N5O5/c1-23(27-22-37-28-15-9-8-14-26(27)28)30(32(42)38-29(16-10-11-19-36)34(44)45-35(2,3)4)39-31(41)24-17-20-40(21-18-24)33(43)25-12-6-5-7-13-25/h5-9,12-15,22-24,29-30,37H,10-11,16-21,36H2,1-4H3,(H,38,42)(H,39,41)/t23-,29?,30-/m1/s1. The van der Waals surface area contributed by atoms with Crippen LogP contribution in [0.5, 0.6) is 0 Å². The Labute approximate surface area is 265 Å². The molecule has 10 nitrogen and oxygen atoms in total. The van der Waals surface area contributed by atoms with Crippen LogP contribution in [-0.2, 0) is 19.1 Å². The minimum Gasteiger partial charge on any atom is -0.458 e. The summed E-state index contributed by atoms with van der Waals surface area (Å²) in [4.78, 5) is 58.8. The van der Waals surface area contributed by atoms with Crippen molar-refractivity contribution in [2.75, 3.05) is 19.6 Å². The van der Waals surface area contributed by atoms with Crippen molar-refractivity contribution in [3.05, 3.63) is 71.9 Å². The zero-order valence-corrected chi connectivity index (χ0v) is 26.8. The predicted molar refractivity (Wildman–Crippen MR) is 174 cm³/mol. The number of benzene rings is 2. The number of piperidine rings is 1. The van der Waals surface area contributed by atoms with E-state index in [2.05, 4.69) is 15.6 Å². The summed E-state index contributed by atoms with van der Waals surface area (Å²) in [5.74, 6) is -2.06. The van der Waals surface area contributed by atoms with E-state index < -0.39 is 35.5 Å². The number of carbonyl (C=O) groups is 4. The molecule has 2 aromatic carbocycles. The van der Waals surface area contributed by atoms with Crippen LogP contribution in [0.15, 0.2) is 60.8 Å². The second-order valence-electron chi connectivity index (χ2n) is 12.9. The average molecular weight is 618 g/mol. The van der Waals surface area contributed by atoms with E-state index in [0.717, 1.165) is 16.5 Å². The highest BCUT2D eigenvalue weighted by Crippen LogP contribution is 2.29. The molecule has 0 aliphatic carbocycles. The van der Waals surface area contributed by atoms with Gasteiger partial charge in [-0.15, -0.1) is 0 Å². The van der Waals surface area contributed by atoms with Crippen molar-refractivity contribution in [1.29, 1.82) is 0 Å². The van der Waals surface area contributed by atoms with E-state index in [1.165, 1.54) is 0 Å². The number of para-hydroxylation sites is 1. The van der Waals surface area contributed by atoms with Gasteiger partial charge in [-0.2, -0.15) is 0 Å². The highest BCUT2D eigenvalue weighted by Gasteiger charge is 2.36. The molecule has 1 aliphatic rings. The summed E-state index contributed by atoms with van der Waals surface area (Å²) in [6.45, 7) is 8.61. The van der Waals surface area contributed by atoms with Gasteiger partial charge in [0.15, 0.2) is 0 Å². The number of nitrogens with two attached hydrogens (primary N) is 1. The summed E-state index contributed by atoms with van der Waals surface area (Å²) in [6.07, 6.45) is 4.54. The molecule has 1 fully saturated rings. The van der Waals surface area contributed by atoms with Gasteiger partial charge in [-0.25, -0.2) is 4.79 Å². The molecule has 5 N–H and O–H groups in total. The van der Waals surface area contributed by atoms with Crippen LogP contribution in [0.2, 0.25) is 0 Å². The largest absolute Gasteiger partial charge is 0.458 e. The quantitative estimate of drug-likeness (QED) is 0.176. The van der Waals surface area contributed by atoms with E-state index in [1.807, 2.05) is 55.6 Å². The van der Waals surface area contributed by atoms with Crippen molar-refractivity contribution < 1.29 is 23.9 Å². The molecule has 2 heterocycles. The lowest BCUT2D eigenvalue weighted by Crippen LogP contribution is -2.55. The molecule has 4 rings (SSSR count). The van der Waals surface area contributed by atoms with Crippen molar-refractivity contribution >= 4 is 34.6 Å². The molecule has 1 saturated heterocycles. The predicted octanol–water partition coefficient (Wildman–Crippen LogP) is 4.26. The van der Waals surface area contributed by atoms with E-state index in [1.54, 1.807) is 37.8 Å². The second kappa shape index (κ2) is 15.2. The summed E-state index contributed by atoms with van der Waals surface area (Å²) >= 11 is 0. The number of amides is 3. The van der Waals surface area contributed by atoms with E-state index in [0.29, 0.717) is 57.3 Å². The third kappa shape index (κ3) is 8.94. The maximum Gasteiger partial charge on any atom is 0.329 e. The molecule has 0 bridgehead atoms. The molecule has 0 spiro atoms. The second-order valence-corrected chi connectivity index (χ2v) is 12.9. The Hall–Kier alpha value is -4.18. The molecule has 0 saturated carbocycles. The third-order valence-corrected chi connectivity index (χ3v) is 8.32. The topological polar surface area (TPSA) is 147 Å². The Morgan fingerprint density at radius 3 is 2.31 bits per heavy atom. The van der Waals surface area contributed by atoms with Gasteiger partial charge in [0.25, 0.3) is 5.91 Å². The monoisotopic (exact) mass is 617 g/mol. The summed E-state index contributed by atoms with van der Waals surface area (Å²) in [5, 5.41) is 6.90. The summed E-state index contributed by atoms with van der Waals surface area (Å²) < 4.78 is 5.63. The molecular formula is C35H47N5O5. The van der Waals surface area contributed by atoms with Gasteiger partial charge in [0.1, 0.15) is 17.7 Å². The molecule has 45 heavy (non-hydrogen) atoms. The number of carbonyl (C=O) groups excluding carboxylic acids is 4. The summed E-state index contributed by atoms with van der Waals surface area (Å²) in [5.41, 5.74) is 7.39. The van der Waals surface area contributed by atoms with Crippen molar-refractivity contribution in [3.63, 3.8) is 0 Å². The number of esters is 1. The molecular weight excluding hydrogens is 570 g/mol. The molecule has 0 radical (unpaired) electrons. The Kier molecular flexibility index (Phi) is 11.4. The summed E-state index contributed by atoms with van der Waals surface area (Å²) in [7, 11) is 0. The zero-order valence-electron chi connectivity index (χ0n) is 26.8. The van der Waals surface area contributed by atoms with Gasteiger partial charge in [0, 0.05) is 47.6 Å². The minimum absolute atomic E-state index is 0.0532. The van der Waals surface area contributed by atoms with Crippen LogP contribution in [0.4, 0.5) is 0 Å². The van der Waals surface area contributed by atoms with E-state index in [9.17, 15) is 19.2 Å². The maximum absolute atomic E-state index is 14.0. The molecule has 3 atom stereocenters. The van der Waals surface area contributed by atoms with Crippen LogP contribution < -0.4 is 16.4 Å². The van der Waals surface area contributed by atoms with Gasteiger partial charge in [-0.1, -0.05) is 43.3 Å². The number of aromatic amines is 1. The Bertz CT molecular complexity index is 1460. The lowest BCUT2D eigenvalue weighted by Gasteiger charge is -2.33. The number of rotatable bonds is 12. The van der Waals surface area contributed by atoms with Gasteiger partial charge in [0.05, 0.1) is 0 Å². The van der Waals surface area contributed by atoms with Crippen molar-refractivity contribution in [3.8, 4) is 0 Å². The highest BCUT2D eigenvalue weighted by molar-refractivity contribution is 5.95. The van der Waals surface area contributed by atoms with Crippen LogP contribution >= 0.6 is 0 Å². The number of ether oxygens (including phenoxy) is 1. The SMILES string of the molecule is C[C@H](c1c[nH]c2ccccc12)[C@@H](NC(=O)C1CCN(C(=O)c2ccccc2)CC1)C(=O)NC(CCCCN)C(=O)OC(C)(C)C. The zero-order chi connectivity index (χ0) is 32.6. The molecule has 1 aliphatic heterocycles. The minimum atomic E-state index is -0.958. The van der Waals surface area contributed by atoms with Crippen LogP contribution in [0.3, 0.4) is 0 Å². The smallest absolute Gasteiger partial charge is 0.329 e. The molecule has 1 unspecified atom stereocenters. The van der Waals surface area contributed by atoms with Crippen molar-refractivity contribution in [2.45, 2.75) is 83.4 Å². The maximum atomic E-state index is 14.0. The Balaban J connectivity index is 1.52. The van der Waals surface area contributed by atoms with Gasteiger partial charge >= 0.3 is 5.97 Å². The third-order valence-electron chi connectivity index (χ3n) is 8.32. The highest BCUT2D eigenvalue weighted by atomic mass is 16.6. The first-order valence-corrected chi connectivity index (χ1v) is 15.9. The van der Waals surface area contributed by atoms with Gasteiger partial charge < -0.3 is 31.0 Å². The molecule has 10 heteroatoms. The van der Waals surface area contributed by atoms with Crippen LogP contribution in [-0.4, -0.2) is 70.9 Å². The fraction of sp³-hybridized carbons (Fsp3) is 0.486. The lowest BCUT2D eigenvalue weighted by molar-refractivity contribution is -0.159. The molecule has 1 aromatic heterocycles. The number of H-pyrrole nitrogens is 1. The normalized spacial score (nSPS) is 16.1. The number of unbranched alkanes of at least 4 members (excludes halogenated alkanes) is 1. The lowest BCUT2D eigenvalue weighted by atomic mass is 9.90. The fourth-order valence-corrected chi connectivity index (χ4v) is 5.82. The van der Waals surface area contributed by atoms with Crippen molar-refractivity contribution in [1.82, 2.24) is 20.5 Å². The number of fused-ring (bicyclic) bond motifs is 1. The first kappa shape index (κ1) is 33.7. The number of nitrogens with one attached hydrogen (secondary N) is 3. The molecule has 3 aromatic rings. The number of likely N-dealkylation sites (tertiary alicyclic amines) is 1. The van der Waals surface area contributed by atoms with Gasteiger partial charge in [-0.3, -0.25) is 14.4 Å². The van der Waals surface area contributed by atoms with E-state index in [4.69, 9.17) is 10.5 Å². The fourth-order valence-electron chi connectivity index (χ4n) is 5.82. The summed E-state index contributed by atoms with van der Waals surface area (Å²) in [6, 6.07) is 15.1. The number of aromatic nitrogens is 1. The average Bonchev–Trinajstić information content (AvgIpc) is 3.46. The van der Waals surface area contributed by atoms with Gasteiger partial charge in [0.2, 0.25) is 11.8 Å². The Morgan fingerprint density at radius 2 is 1.64 bits per heavy atom. The number of nitrogens with zero attached hydrogens (tertiary/aromatic N) is 1. The van der Waals surface area contributed by atoms with Gasteiger partial charge in [-0.05, 0) is 83.2 Å². The van der Waals surface area contributed by atoms with Crippen LogP contribution in [0.25, 0.3) is 10.9 Å². The van der Waals surface area contributed by atoms with E-state index >= 15 is 0 Å². The number of hydrogen-bond donors (Lipinski definition) is 4. The Morgan fingerprint density at radius 1 is 0.978 bits per heavy atom. The van der Waals surface area contributed by atoms with Crippen molar-refractivity contribution in [2.24, 2.45) is 11.7 Å². The molecule has 242 valence electrons. The van der Waals surface area contributed by atoms with Crippen LogP contribution in [0.1, 0.15) is 81.6 Å². The molecule has 3 amide bonds.